The molecule has 6 nitrogen and oxygen atoms in total. The van der Waals surface area contributed by atoms with E-state index in [1.54, 1.807) is 23.2 Å². The predicted octanol–water partition coefficient (Wildman–Crippen LogP) is -0.0947. The van der Waals surface area contributed by atoms with Gasteiger partial charge in [0.1, 0.15) is 0 Å². The zero-order valence-corrected chi connectivity index (χ0v) is 12.4. The van der Waals surface area contributed by atoms with Crippen LogP contribution in [0.1, 0.15) is 19.8 Å². The fraction of sp³-hybridized carbons (Fsp3) is 0.917. The van der Waals surface area contributed by atoms with Crippen molar-refractivity contribution in [2.75, 3.05) is 39.9 Å². The van der Waals surface area contributed by atoms with E-state index >= 15 is 0 Å². The summed E-state index contributed by atoms with van der Waals surface area (Å²) in [5.74, 6) is 0.180. The molecule has 2 heterocycles. The van der Waals surface area contributed by atoms with Crippen LogP contribution in [0.2, 0.25) is 0 Å². The molecule has 0 aromatic carbocycles. The number of rotatable bonds is 3. The maximum Gasteiger partial charge on any atom is 0.219 e. The average molecular weight is 290 g/mol. The molecule has 2 rings (SSSR count). The van der Waals surface area contributed by atoms with Gasteiger partial charge in [0, 0.05) is 40.2 Å². The van der Waals surface area contributed by atoms with Crippen molar-refractivity contribution >= 4 is 15.9 Å². The lowest BCUT2D eigenvalue weighted by molar-refractivity contribution is -0.128. The third-order valence-corrected chi connectivity index (χ3v) is 6.59. The first-order valence-electron chi connectivity index (χ1n) is 6.70. The summed E-state index contributed by atoms with van der Waals surface area (Å²) in [6.07, 6.45) is 1.32. The fourth-order valence-corrected chi connectivity index (χ4v) is 5.25. The lowest BCUT2D eigenvalue weighted by atomic mass is 10.0. The number of sulfonamides is 1. The second-order valence-corrected chi connectivity index (χ2v) is 7.43. The van der Waals surface area contributed by atoms with Gasteiger partial charge < -0.3 is 9.64 Å². The molecule has 2 saturated heterocycles. The summed E-state index contributed by atoms with van der Waals surface area (Å²) >= 11 is 0. The highest BCUT2D eigenvalue weighted by molar-refractivity contribution is 7.90. The van der Waals surface area contributed by atoms with E-state index in [2.05, 4.69) is 0 Å². The maximum atomic E-state index is 12.4. The van der Waals surface area contributed by atoms with E-state index in [1.165, 1.54) is 0 Å². The van der Waals surface area contributed by atoms with E-state index in [4.69, 9.17) is 4.74 Å². The van der Waals surface area contributed by atoms with Gasteiger partial charge in [-0.3, -0.25) is 4.79 Å². The third-order valence-electron chi connectivity index (χ3n) is 4.15. The normalized spacial score (nSPS) is 30.9. The molecule has 110 valence electrons. The summed E-state index contributed by atoms with van der Waals surface area (Å²) in [5.41, 5.74) is 0. The average Bonchev–Trinajstić information content (AvgIpc) is 2.53. The quantitative estimate of drug-likeness (QED) is 0.728. The second-order valence-electron chi connectivity index (χ2n) is 5.28. The van der Waals surface area contributed by atoms with Crippen LogP contribution in [0.5, 0.6) is 0 Å². The molecule has 0 aromatic rings. The fourth-order valence-electron chi connectivity index (χ4n) is 3.02. The minimum Gasteiger partial charge on any atom is -0.383 e. The van der Waals surface area contributed by atoms with Gasteiger partial charge in [-0.15, -0.1) is 0 Å². The van der Waals surface area contributed by atoms with Crippen LogP contribution in [0.25, 0.3) is 0 Å². The van der Waals surface area contributed by atoms with Gasteiger partial charge >= 0.3 is 0 Å². The monoisotopic (exact) mass is 290 g/mol. The number of carbonyl (C=O) groups excluding carboxylic acids is 1. The van der Waals surface area contributed by atoms with Crippen LogP contribution >= 0.6 is 0 Å². The number of nitrogens with zero attached hydrogens (tertiary/aromatic N) is 2. The Bertz CT molecular complexity index is 437. The zero-order chi connectivity index (χ0) is 14.0. The van der Waals surface area contributed by atoms with Crippen LogP contribution in [0.4, 0.5) is 0 Å². The summed E-state index contributed by atoms with van der Waals surface area (Å²) in [6, 6.07) is 0. The second kappa shape index (κ2) is 5.76. The topological polar surface area (TPSA) is 66.9 Å². The van der Waals surface area contributed by atoms with Crippen molar-refractivity contribution in [2.24, 2.45) is 5.92 Å². The van der Waals surface area contributed by atoms with Crippen LogP contribution < -0.4 is 0 Å². The van der Waals surface area contributed by atoms with Crippen molar-refractivity contribution in [3.8, 4) is 0 Å². The van der Waals surface area contributed by atoms with Gasteiger partial charge in [-0.2, -0.15) is 4.31 Å². The third kappa shape index (κ3) is 2.93. The number of likely N-dealkylation sites (tertiary alicyclic amines) is 1. The smallest absolute Gasteiger partial charge is 0.219 e. The van der Waals surface area contributed by atoms with Crippen molar-refractivity contribution < 1.29 is 17.9 Å². The Balaban J connectivity index is 2.08. The van der Waals surface area contributed by atoms with Gasteiger partial charge in [-0.05, 0) is 18.8 Å². The molecule has 2 fully saturated rings. The van der Waals surface area contributed by atoms with Gasteiger partial charge in [0.15, 0.2) is 0 Å². The van der Waals surface area contributed by atoms with Crippen LogP contribution in [-0.2, 0) is 19.6 Å². The lowest BCUT2D eigenvalue weighted by Gasteiger charge is -2.20. The summed E-state index contributed by atoms with van der Waals surface area (Å²) < 4.78 is 31.4. The highest BCUT2D eigenvalue weighted by Gasteiger charge is 2.46. The first-order valence-corrected chi connectivity index (χ1v) is 8.20. The van der Waals surface area contributed by atoms with Gasteiger partial charge in [-0.1, -0.05) is 0 Å². The van der Waals surface area contributed by atoms with Crippen LogP contribution in [-0.4, -0.2) is 68.7 Å². The van der Waals surface area contributed by atoms with Gasteiger partial charge in [0.2, 0.25) is 15.9 Å². The Hall–Kier alpha value is -0.660. The van der Waals surface area contributed by atoms with E-state index in [0.29, 0.717) is 39.2 Å². The molecule has 0 bridgehead atoms. The van der Waals surface area contributed by atoms with E-state index < -0.39 is 10.0 Å². The minimum absolute atomic E-state index is 0.0358. The number of amides is 1. The van der Waals surface area contributed by atoms with Crippen LogP contribution in [0.15, 0.2) is 0 Å². The minimum atomic E-state index is -3.22. The number of hydrogen-bond acceptors (Lipinski definition) is 4. The summed E-state index contributed by atoms with van der Waals surface area (Å²) in [7, 11) is -1.64. The first kappa shape index (κ1) is 14.7. The molecule has 0 aromatic heterocycles. The number of methoxy groups -OCH3 is 1. The van der Waals surface area contributed by atoms with Crippen LogP contribution in [0, 0.1) is 5.92 Å². The van der Waals surface area contributed by atoms with Gasteiger partial charge in [0.25, 0.3) is 0 Å². The van der Waals surface area contributed by atoms with E-state index in [9.17, 15) is 13.2 Å². The van der Waals surface area contributed by atoms with E-state index in [-0.39, 0.29) is 17.1 Å². The molecule has 0 radical (unpaired) electrons. The van der Waals surface area contributed by atoms with Gasteiger partial charge in [-0.25, -0.2) is 8.42 Å². The van der Waals surface area contributed by atoms with E-state index in [0.717, 1.165) is 6.42 Å². The highest BCUT2D eigenvalue weighted by atomic mass is 32.2. The summed E-state index contributed by atoms with van der Waals surface area (Å²) in [6.45, 7) is 4.20. The van der Waals surface area contributed by atoms with E-state index in [1.807, 2.05) is 0 Å². The first-order chi connectivity index (χ1) is 8.96. The zero-order valence-electron chi connectivity index (χ0n) is 11.5. The number of carbonyl (C=O) groups is 1. The SMILES string of the molecule is COCCN1C[C@@H]2CCN(C(C)=O)CC[C@@H]2S1(=O)=O. The Labute approximate surface area is 114 Å². The molecule has 0 aliphatic carbocycles. The van der Waals surface area contributed by atoms with Crippen molar-refractivity contribution in [3.63, 3.8) is 0 Å². The molecule has 2 atom stereocenters. The molecule has 2 aliphatic rings. The molecule has 7 heteroatoms. The predicted molar refractivity (Wildman–Crippen MR) is 71.1 cm³/mol. The van der Waals surface area contributed by atoms with Crippen molar-refractivity contribution in [1.82, 2.24) is 9.21 Å². The Morgan fingerprint density at radius 2 is 2.00 bits per heavy atom. The number of ether oxygens (including phenoxy) is 1. The van der Waals surface area contributed by atoms with Crippen molar-refractivity contribution in [2.45, 2.75) is 25.0 Å². The molecular formula is C12H22N2O4S. The molecule has 0 unspecified atom stereocenters. The number of fused-ring (bicyclic) bond motifs is 1. The number of hydrogen-bond donors (Lipinski definition) is 0. The maximum absolute atomic E-state index is 12.4. The Kier molecular flexibility index (Phi) is 4.47. The molecule has 1 amide bonds. The molecule has 0 saturated carbocycles. The Morgan fingerprint density at radius 3 is 2.63 bits per heavy atom. The largest absolute Gasteiger partial charge is 0.383 e. The van der Waals surface area contributed by atoms with Crippen LogP contribution in [0.3, 0.4) is 0 Å². The Morgan fingerprint density at radius 1 is 1.32 bits per heavy atom. The summed E-state index contributed by atoms with van der Waals surface area (Å²) in [5, 5.41) is -0.325. The van der Waals surface area contributed by atoms with Gasteiger partial charge in [0.05, 0.1) is 11.9 Å². The molecule has 0 N–H and O–H groups in total. The van der Waals surface area contributed by atoms with Crippen molar-refractivity contribution in [3.05, 3.63) is 0 Å². The lowest BCUT2D eigenvalue weighted by Crippen LogP contribution is -2.35. The molecule has 0 spiro atoms. The summed E-state index contributed by atoms with van der Waals surface area (Å²) in [4.78, 5) is 13.1. The van der Waals surface area contributed by atoms with Crippen molar-refractivity contribution in [1.29, 1.82) is 0 Å². The molecule has 2 aliphatic heterocycles. The molecular weight excluding hydrogens is 268 g/mol. The standard InChI is InChI=1S/C12H22N2O4S/c1-10(15)13-5-3-11-9-14(7-8-18-2)19(16,17)12(11)4-6-13/h11-12H,3-9H2,1-2H3/t11-,12-/m0/s1. The highest BCUT2D eigenvalue weighted by Crippen LogP contribution is 2.33. The molecule has 19 heavy (non-hydrogen) atoms.